The third kappa shape index (κ3) is 3.21. The number of rotatable bonds is 4. The van der Waals surface area contributed by atoms with Gasteiger partial charge in [0.05, 0.1) is 19.8 Å². The number of benzene rings is 1. The van der Waals surface area contributed by atoms with Crippen molar-refractivity contribution in [2.75, 3.05) is 14.2 Å². The molecule has 2 unspecified atom stereocenters. The Morgan fingerprint density at radius 2 is 1.82 bits per heavy atom. The minimum atomic E-state index is -1.39. The molecule has 3 rings (SSSR count). The van der Waals surface area contributed by atoms with Crippen LogP contribution in [0.4, 0.5) is 0 Å². The van der Waals surface area contributed by atoms with E-state index in [-0.39, 0.29) is 30.3 Å². The monoisotopic (exact) mass is 448 g/mol. The van der Waals surface area contributed by atoms with Gasteiger partial charge in [0.25, 0.3) is 0 Å². The van der Waals surface area contributed by atoms with E-state index >= 15 is 0 Å². The normalized spacial score (nSPS) is 25.2. The Balaban J connectivity index is 2.17. The highest BCUT2D eigenvalue weighted by molar-refractivity contribution is 9.10. The summed E-state index contributed by atoms with van der Waals surface area (Å²) in [5.41, 5.74) is 1.68. The summed E-state index contributed by atoms with van der Waals surface area (Å²) in [4.78, 5) is 38.9. The third-order valence-corrected chi connectivity index (χ3v) is 6.53. The van der Waals surface area contributed by atoms with E-state index in [1.54, 1.807) is 0 Å². The predicted octanol–water partition coefficient (Wildman–Crippen LogP) is 4.31. The fourth-order valence-electron chi connectivity index (χ4n) is 4.79. The van der Waals surface area contributed by atoms with Gasteiger partial charge in [-0.15, -0.1) is 0 Å². The summed E-state index contributed by atoms with van der Waals surface area (Å²) in [5, 5.41) is 0. The molecule has 28 heavy (non-hydrogen) atoms. The number of ketones is 2. The molecule has 0 bridgehead atoms. The summed E-state index contributed by atoms with van der Waals surface area (Å²) in [6.45, 7) is 3.87. The van der Waals surface area contributed by atoms with Gasteiger partial charge in [-0.3, -0.25) is 14.4 Å². The van der Waals surface area contributed by atoms with Gasteiger partial charge in [0, 0.05) is 23.7 Å². The zero-order valence-electron chi connectivity index (χ0n) is 16.7. The molecule has 1 fully saturated rings. The number of methoxy groups -OCH3 is 2. The van der Waals surface area contributed by atoms with Crippen molar-refractivity contribution in [1.29, 1.82) is 0 Å². The van der Waals surface area contributed by atoms with Gasteiger partial charge < -0.3 is 9.47 Å². The highest BCUT2D eigenvalue weighted by atomic mass is 79.9. The van der Waals surface area contributed by atoms with Crippen LogP contribution in [0.2, 0.25) is 0 Å². The van der Waals surface area contributed by atoms with Crippen LogP contribution in [-0.2, 0) is 23.9 Å². The van der Waals surface area contributed by atoms with Gasteiger partial charge in [-0.1, -0.05) is 15.9 Å². The number of hydrogen-bond acceptors (Lipinski definition) is 5. The van der Waals surface area contributed by atoms with Crippen LogP contribution in [0.15, 0.2) is 22.4 Å². The van der Waals surface area contributed by atoms with Crippen LogP contribution in [0.1, 0.15) is 48.8 Å². The number of aryl methyl sites for hydroxylation is 2. The van der Waals surface area contributed by atoms with Gasteiger partial charge in [0.2, 0.25) is 0 Å². The average molecular weight is 449 g/mol. The van der Waals surface area contributed by atoms with Crippen LogP contribution in [0, 0.1) is 25.2 Å². The number of ether oxygens (including phenoxy) is 2. The Morgan fingerprint density at radius 3 is 2.36 bits per heavy atom. The molecule has 0 radical (unpaired) electrons. The maximum Gasteiger partial charge on any atom is 0.320 e. The van der Waals surface area contributed by atoms with Crippen LogP contribution in [0.25, 0.3) is 5.57 Å². The van der Waals surface area contributed by atoms with E-state index in [4.69, 9.17) is 9.47 Å². The van der Waals surface area contributed by atoms with Crippen molar-refractivity contribution in [3.05, 3.63) is 39.1 Å². The van der Waals surface area contributed by atoms with Gasteiger partial charge in [-0.05, 0) is 61.4 Å². The number of esters is 1. The number of carbonyl (C=O) groups excluding carboxylic acids is 3. The second-order valence-corrected chi connectivity index (χ2v) is 8.63. The molecular formula is C22H25BrO5. The lowest BCUT2D eigenvalue weighted by Gasteiger charge is -2.35. The molecule has 2 aliphatic carbocycles. The van der Waals surface area contributed by atoms with Crippen molar-refractivity contribution < 1.29 is 23.9 Å². The van der Waals surface area contributed by atoms with E-state index in [0.29, 0.717) is 30.6 Å². The van der Waals surface area contributed by atoms with Crippen molar-refractivity contribution in [2.45, 2.75) is 46.0 Å². The van der Waals surface area contributed by atoms with Gasteiger partial charge >= 0.3 is 5.97 Å². The van der Waals surface area contributed by atoms with Crippen molar-refractivity contribution in [3.63, 3.8) is 0 Å². The fourth-order valence-corrected chi connectivity index (χ4v) is 5.48. The molecule has 2 atom stereocenters. The lowest BCUT2D eigenvalue weighted by Crippen LogP contribution is -2.46. The molecule has 1 saturated carbocycles. The minimum Gasteiger partial charge on any atom is -0.500 e. The maximum absolute atomic E-state index is 13.8. The lowest BCUT2D eigenvalue weighted by molar-refractivity contribution is -0.161. The zero-order chi connectivity index (χ0) is 20.6. The van der Waals surface area contributed by atoms with Crippen molar-refractivity contribution in [3.8, 4) is 0 Å². The zero-order valence-corrected chi connectivity index (χ0v) is 18.3. The number of carbonyl (C=O) groups is 3. The molecule has 6 heteroatoms. The predicted molar refractivity (Wildman–Crippen MR) is 109 cm³/mol. The van der Waals surface area contributed by atoms with Crippen LogP contribution in [0.3, 0.4) is 0 Å². The van der Waals surface area contributed by atoms with Crippen molar-refractivity contribution in [1.82, 2.24) is 0 Å². The highest BCUT2D eigenvalue weighted by Gasteiger charge is 2.59. The minimum absolute atomic E-state index is 0.0933. The summed E-state index contributed by atoms with van der Waals surface area (Å²) in [5.74, 6) is -0.649. The largest absolute Gasteiger partial charge is 0.500 e. The van der Waals surface area contributed by atoms with Gasteiger partial charge in [-0.2, -0.15) is 0 Å². The molecule has 0 spiro atoms. The van der Waals surface area contributed by atoms with Crippen LogP contribution in [0.5, 0.6) is 0 Å². The van der Waals surface area contributed by atoms with E-state index in [0.717, 1.165) is 21.2 Å². The smallest absolute Gasteiger partial charge is 0.320 e. The quantitative estimate of drug-likeness (QED) is 0.506. The number of hydrogen-bond donors (Lipinski definition) is 0. The van der Waals surface area contributed by atoms with E-state index in [1.165, 1.54) is 14.2 Å². The van der Waals surface area contributed by atoms with E-state index in [1.807, 2.05) is 26.0 Å². The number of halogens is 1. The molecule has 1 aromatic rings. The molecule has 0 amide bonds. The maximum atomic E-state index is 13.8. The van der Waals surface area contributed by atoms with E-state index < -0.39 is 11.4 Å². The third-order valence-electron chi connectivity index (χ3n) is 6.07. The fraction of sp³-hybridized carbons (Fsp3) is 0.500. The first-order valence-electron chi connectivity index (χ1n) is 9.45. The van der Waals surface area contributed by atoms with Crippen molar-refractivity contribution >= 4 is 39.0 Å². The topological polar surface area (TPSA) is 69.7 Å². The lowest BCUT2D eigenvalue weighted by atomic mass is 9.65. The summed E-state index contributed by atoms with van der Waals surface area (Å²) in [6, 6.07) is 3.89. The SMILES string of the molecule is COC(=O)C1(C2CCCC(=O)C2)CC(OC)=C(c2c(C)cc(Br)cc2C)C1=O. The highest BCUT2D eigenvalue weighted by Crippen LogP contribution is 2.53. The average Bonchev–Trinajstić information content (AvgIpc) is 2.94. The molecule has 2 aliphatic rings. The Hall–Kier alpha value is -1.95. The molecule has 0 aromatic heterocycles. The summed E-state index contributed by atoms with van der Waals surface area (Å²) in [7, 11) is 2.81. The second-order valence-electron chi connectivity index (χ2n) is 7.72. The molecule has 1 aromatic carbocycles. The van der Waals surface area contributed by atoms with E-state index in [2.05, 4.69) is 15.9 Å². The van der Waals surface area contributed by atoms with Gasteiger partial charge in [-0.25, -0.2) is 0 Å². The molecule has 150 valence electrons. The molecule has 5 nitrogen and oxygen atoms in total. The van der Waals surface area contributed by atoms with Crippen molar-refractivity contribution in [2.24, 2.45) is 11.3 Å². The van der Waals surface area contributed by atoms with Crippen LogP contribution < -0.4 is 0 Å². The summed E-state index contributed by atoms with van der Waals surface area (Å²) >= 11 is 3.49. The van der Waals surface area contributed by atoms with E-state index in [9.17, 15) is 14.4 Å². The molecular weight excluding hydrogens is 424 g/mol. The Labute approximate surface area is 173 Å². The Morgan fingerprint density at radius 1 is 1.18 bits per heavy atom. The number of allylic oxidation sites excluding steroid dienone is 2. The molecule has 0 saturated heterocycles. The standard InChI is InChI=1S/C22H25BrO5/c1-12-8-15(23)9-13(2)18(12)19-17(27-3)11-22(20(19)25,21(26)28-4)14-6-5-7-16(24)10-14/h8-9,14H,5-7,10-11H2,1-4H3. The van der Waals surface area contributed by atoms with Crippen LogP contribution in [-0.4, -0.2) is 31.8 Å². The summed E-state index contributed by atoms with van der Waals surface area (Å²) in [6.07, 6.45) is 2.20. The first kappa shape index (κ1) is 20.8. The van der Waals surface area contributed by atoms with Crippen LogP contribution >= 0.6 is 15.9 Å². The molecule has 0 heterocycles. The van der Waals surface area contributed by atoms with Gasteiger partial charge in [0.1, 0.15) is 17.0 Å². The Bertz CT molecular complexity index is 862. The molecule has 0 N–H and O–H groups in total. The summed E-state index contributed by atoms with van der Waals surface area (Å²) < 4.78 is 11.6. The van der Waals surface area contributed by atoms with Gasteiger partial charge in [0.15, 0.2) is 5.78 Å². The first-order valence-corrected chi connectivity index (χ1v) is 10.2. The second kappa shape index (κ2) is 7.82. The number of Topliss-reactive ketones (excluding diaryl/α,β-unsaturated/α-hetero) is 2. The Kier molecular flexibility index (Phi) is 5.80. The first-order chi connectivity index (χ1) is 13.3. The molecule has 0 aliphatic heterocycles.